The van der Waals surface area contributed by atoms with E-state index in [-0.39, 0.29) is 5.56 Å². The van der Waals surface area contributed by atoms with Crippen LogP contribution in [0.5, 0.6) is 5.75 Å². The van der Waals surface area contributed by atoms with E-state index in [0.717, 1.165) is 5.39 Å². The number of fused-ring (bicyclic) bond motifs is 1. The lowest BCUT2D eigenvalue weighted by atomic mass is 10.0. The maximum Gasteiger partial charge on any atom is 0.326 e. The van der Waals surface area contributed by atoms with Crippen LogP contribution < -0.4 is 15.4 Å². The summed E-state index contributed by atoms with van der Waals surface area (Å²) in [5.74, 6) is -0.114. The number of carbonyl (C=O) groups is 2. The van der Waals surface area contributed by atoms with E-state index < -0.39 is 11.9 Å². The number of para-hydroxylation sites is 1. The van der Waals surface area contributed by atoms with Gasteiger partial charge in [0.05, 0.1) is 23.4 Å². The molecule has 0 bridgehead atoms. The molecule has 3 aromatic carbocycles. The van der Waals surface area contributed by atoms with Crippen LogP contribution in [0.25, 0.3) is 10.8 Å². The number of nitriles is 1. The number of ether oxygens (including phenoxy) is 1. The Kier molecular flexibility index (Phi) is 5.25. The van der Waals surface area contributed by atoms with Crippen molar-refractivity contribution in [1.29, 1.82) is 5.26 Å². The first-order valence-corrected chi connectivity index (χ1v) is 8.28. The second-order valence-electron chi connectivity index (χ2n) is 5.61. The van der Waals surface area contributed by atoms with Gasteiger partial charge in [-0.2, -0.15) is 5.26 Å². The van der Waals surface area contributed by atoms with Gasteiger partial charge in [0.2, 0.25) is 0 Å². The molecule has 0 spiro atoms. The van der Waals surface area contributed by atoms with Crippen LogP contribution in [0.1, 0.15) is 15.9 Å². The molecule has 2 N–H and O–H groups in total. The minimum Gasteiger partial charge on any atom is -0.495 e. The molecule has 0 aliphatic heterocycles. The maximum absolute atomic E-state index is 12.4. The molecule has 0 saturated carbocycles. The van der Waals surface area contributed by atoms with Gasteiger partial charge in [-0.05, 0) is 47.2 Å². The molecule has 7 heteroatoms. The normalized spacial score (nSPS) is 10.1. The van der Waals surface area contributed by atoms with Crippen molar-refractivity contribution in [1.82, 2.24) is 5.32 Å². The van der Waals surface area contributed by atoms with Crippen LogP contribution in [0, 0.1) is 11.3 Å². The fraction of sp³-hybridized carbons (Fsp3) is 0.0500. The third kappa shape index (κ3) is 4.00. The van der Waals surface area contributed by atoms with Gasteiger partial charge in [-0.3, -0.25) is 10.1 Å². The smallest absolute Gasteiger partial charge is 0.326 e. The maximum atomic E-state index is 12.4. The van der Waals surface area contributed by atoms with Crippen molar-refractivity contribution in [2.24, 2.45) is 0 Å². The topological polar surface area (TPSA) is 91.2 Å². The standard InChI is InChI=1S/C20H14ClN3O3/c1-27-18-10-12-6-7-13(8-14(12)9-15(18)11-22)19(25)24-20(26)23-17-5-3-2-4-16(17)21/h2-10H,1H3,(H2,23,24,25,26). The Balaban J connectivity index is 1.80. The van der Waals surface area contributed by atoms with E-state index in [1.807, 2.05) is 6.07 Å². The van der Waals surface area contributed by atoms with Gasteiger partial charge in [-0.1, -0.05) is 29.8 Å². The number of urea groups is 1. The molecular weight excluding hydrogens is 366 g/mol. The number of hydrogen-bond donors (Lipinski definition) is 2. The lowest BCUT2D eigenvalue weighted by Crippen LogP contribution is -2.34. The highest BCUT2D eigenvalue weighted by atomic mass is 35.5. The molecule has 134 valence electrons. The highest BCUT2D eigenvalue weighted by molar-refractivity contribution is 6.33. The van der Waals surface area contributed by atoms with Crippen LogP contribution in [0.15, 0.2) is 54.6 Å². The predicted octanol–water partition coefficient (Wildman–Crippen LogP) is 4.34. The van der Waals surface area contributed by atoms with E-state index in [1.54, 1.807) is 54.6 Å². The van der Waals surface area contributed by atoms with Gasteiger partial charge in [0, 0.05) is 5.56 Å². The van der Waals surface area contributed by atoms with Gasteiger partial charge in [0.1, 0.15) is 11.8 Å². The number of nitrogens with zero attached hydrogens (tertiary/aromatic N) is 1. The summed E-state index contributed by atoms with van der Waals surface area (Å²) in [4.78, 5) is 24.4. The van der Waals surface area contributed by atoms with Crippen molar-refractivity contribution in [2.45, 2.75) is 0 Å². The van der Waals surface area contributed by atoms with Crippen LogP contribution in [-0.2, 0) is 0 Å². The zero-order chi connectivity index (χ0) is 19.4. The van der Waals surface area contributed by atoms with E-state index in [0.29, 0.717) is 27.4 Å². The lowest BCUT2D eigenvalue weighted by molar-refractivity contribution is 0.0967. The van der Waals surface area contributed by atoms with Crippen molar-refractivity contribution in [3.8, 4) is 11.8 Å². The quantitative estimate of drug-likeness (QED) is 0.708. The molecule has 0 aromatic heterocycles. The number of carbonyl (C=O) groups excluding carboxylic acids is 2. The van der Waals surface area contributed by atoms with Crippen molar-refractivity contribution in [3.05, 3.63) is 70.7 Å². The molecule has 0 aliphatic rings. The molecule has 0 fully saturated rings. The van der Waals surface area contributed by atoms with Crippen molar-refractivity contribution >= 4 is 40.0 Å². The first kappa shape index (κ1) is 18.2. The second kappa shape index (κ2) is 7.77. The van der Waals surface area contributed by atoms with E-state index in [4.69, 9.17) is 16.3 Å². The number of nitrogens with one attached hydrogen (secondary N) is 2. The first-order valence-electron chi connectivity index (χ1n) is 7.90. The second-order valence-corrected chi connectivity index (χ2v) is 6.02. The number of rotatable bonds is 3. The Morgan fingerprint density at radius 3 is 2.56 bits per heavy atom. The van der Waals surface area contributed by atoms with Gasteiger partial charge >= 0.3 is 6.03 Å². The third-order valence-corrected chi connectivity index (χ3v) is 4.22. The van der Waals surface area contributed by atoms with Gasteiger partial charge in [-0.25, -0.2) is 4.79 Å². The number of imide groups is 1. The number of amides is 3. The van der Waals surface area contributed by atoms with Crippen LogP contribution in [0.3, 0.4) is 0 Å². The molecule has 3 rings (SSSR count). The summed E-state index contributed by atoms with van der Waals surface area (Å²) in [5, 5.41) is 15.8. The monoisotopic (exact) mass is 379 g/mol. The van der Waals surface area contributed by atoms with Gasteiger partial charge < -0.3 is 10.1 Å². The highest BCUT2D eigenvalue weighted by Gasteiger charge is 2.13. The first-order chi connectivity index (χ1) is 13.0. The van der Waals surface area contributed by atoms with Gasteiger partial charge in [-0.15, -0.1) is 0 Å². The lowest BCUT2D eigenvalue weighted by Gasteiger charge is -2.09. The summed E-state index contributed by atoms with van der Waals surface area (Å²) < 4.78 is 5.18. The minimum atomic E-state index is -0.694. The molecule has 27 heavy (non-hydrogen) atoms. The average Bonchev–Trinajstić information content (AvgIpc) is 2.68. The molecule has 0 atom stereocenters. The van der Waals surface area contributed by atoms with E-state index in [2.05, 4.69) is 10.6 Å². The number of methoxy groups -OCH3 is 1. The summed E-state index contributed by atoms with van der Waals surface area (Å²) in [6.07, 6.45) is 0. The van der Waals surface area contributed by atoms with E-state index in [1.165, 1.54) is 7.11 Å². The van der Waals surface area contributed by atoms with Crippen LogP contribution in [-0.4, -0.2) is 19.0 Å². The molecule has 0 unspecified atom stereocenters. The van der Waals surface area contributed by atoms with E-state index >= 15 is 0 Å². The average molecular weight is 380 g/mol. The Morgan fingerprint density at radius 2 is 1.85 bits per heavy atom. The zero-order valence-corrected chi connectivity index (χ0v) is 15.0. The highest BCUT2D eigenvalue weighted by Crippen LogP contribution is 2.26. The molecule has 0 aliphatic carbocycles. The minimum absolute atomic E-state index is 0.283. The van der Waals surface area contributed by atoms with Crippen molar-refractivity contribution in [3.63, 3.8) is 0 Å². The molecule has 0 radical (unpaired) electrons. The number of hydrogen-bond acceptors (Lipinski definition) is 4. The van der Waals surface area contributed by atoms with Crippen LogP contribution in [0.4, 0.5) is 10.5 Å². The summed E-state index contributed by atoms with van der Waals surface area (Å²) in [5.41, 5.74) is 1.04. The third-order valence-electron chi connectivity index (χ3n) is 3.89. The Labute approximate surface area is 160 Å². The summed E-state index contributed by atoms with van der Waals surface area (Å²) in [6.45, 7) is 0. The van der Waals surface area contributed by atoms with Crippen LogP contribution >= 0.6 is 11.6 Å². The predicted molar refractivity (Wildman–Crippen MR) is 103 cm³/mol. The summed E-state index contributed by atoms with van der Waals surface area (Å²) in [6, 6.07) is 16.3. The molecule has 6 nitrogen and oxygen atoms in total. The van der Waals surface area contributed by atoms with Crippen molar-refractivity contribution < 1.29 is 14.3 Å². The SMILES string of the molecule is COc1cc2ccc(C(=O)NC(=O)Nc3ccccc3Cl)cc2cc1C#N. The molecule has 0 heterocycles. The Morgan fingerprint density at radius 1 is 1.07 bits per heavy atom. The van der Waals surface area contributed by atoms with Crippen LogP contribution in [0.2, 0.25) is 5.02 Å². The van der Waals surface area contributed by atoms with E-state index in [9.17, 15) is 14.9 Å². The number of anilines is 1. The van der Waals surface area contributed by atoms with Gasteiger partial charge in [0.15, 0.2) is 0 Å². The fourth-order valence-corrected chi connectivity index (χ4v) is 2.75. The summed E-state index contributed by atoms with van der Waals surface area (Å²) in [7, 11) is 1.49. The molecule has 3 amide bonds. The Bertz CT molecular complexity index is 1090. The van der Waals surface area contributed by atoms with Gasteiger partial charge in [0.25, 0.3) is 5.91 Å². The molecule has 3 aromatic rings. The number of halogens is 1. The zero-order valence-electron chi connectivity index (χ0n) is 14.2. The largest absolute Gasteiger partial charge is 0.495 e. The fourth-order valence-electron chi connectivity index (χ4n) is 2.57. The summed E-state index contributed by atoms with van der Waals surface area (Å²) >= 11 is 5.98. The molecule has 0 saturated heterocycles. The molecular formula is C20H14ClN3O3. The Hall–Kier alpha value is -3.56. The van der Waals surface area contributed by atoms with Crippen molar-refractivity contribution in [2.75, 3.05) is 12.4 Å². The number of benzene rings is 3.